The number of hydrogen-bond acceptors (Lipinski definition) is 5. The zero-order valence-corrected chi connectivity index (χ0v) is 20.4. The summed E-state index contributed by atoms with van der Waals surface area (Å²) < 4.78 is 7.07. The number of amides is 2. The molecule has 2 amide bonds. The van der Waals surface area contributed by atoms with Gasteiger partial charge in [0.15, 0.2) is 0 Å². The number of benzene rings is 2. The van der Waals surface area contributed by atoms with E-state index in [1.165, 1.54) is 0 Å². The third-order valence-corrected chi connectivity index (χ3v) is 8.19. The minimum atomic E-state index is -0.545. The van der Waals surface area contributed by atoms with Gasteiger partial charge in [-0.25, -0.2) is 0 Å². The van der Waals surface area contributed by atoms with E-state index in [2.05, 4.69) is 47.6 Å². The number of aliphatic imine (C=N–C) groups is 1. The van der Waals surface area contributed by atoms with E-state index in [9.17, 15) is 9.59 Å². The smallest absolute Gasteiger partial charge is 0.256 e. The largest absolute Gasteiger partial charge is 0.380 e. The number of aromatic nitrogens is 2. The lowest BCUT2D eigenvalue weighted by molar-refractivity contribution is -0.148. The molecule has 1 unspecified atom stereocenters. The SMILES string of the molecule is Cn1ncc2cc(-c3ccc(C4=NC5(CC5)C(=O)N4CC4CCN(C(=O)C5COC5)C4)cc3)ccc21. The summed E-state index contributed by atoms with van der Waals surface area (Å²) in [5, 5.41) is 5.45. The van der Waals surface area contributed by atoms with E-state index in [0.29, 0.717) is 26.3 Å². The monoisotopic (exact) mass is 483 g/mol. The Labute approximate surface area is 209 Å². The number of aryl methyl sites for hydroxylation is 1. The van der Waals surface area contributed by atoms with Crippen molar-refractivity contribution in [1.82, 2.24) is 19.6 Å². The zero-order valence-electron chi connectivity index (χ0n) is 20.4. The quantitative estimate of drug-likeness (QED) is 0.559. The van der Waals surface area contributed by atoms with Crippen molar-refractivity contribution in [2.45, 2.75) is 24.8 Å². The van der Waals surface area contributed by atoms with E-state index in [-0.39, 0.29) is 23.7 Å². The Balaban J connectivity index is 1.10. The Morgan fingerprint density at radius 2 is 1.83 bits per heavy atom. The van der Waals surface area contributed by atoms with Gasteiger partial charge in [0.1, 0.15) is 11.4 Å². The average Bonchev–Trinajstić information content (AvgIpc) is 3.20. The Kier molecular flexibility index (Phi) is 4.83. The summed E-state index contributed by atoms with van der Waals surface area (Å²) in [6.45, 7) is 3.15. The van der Waals surface area contributed by atoms with Gasteiger partial charge in [-0.2, -0.15) is 5.10 Å². The summed E-state index contributed by atoms with van der Waals surface area (Å²) >= 11 is 0. The third-order valence-electron chi connectivity index (χ3n) is 8.19. The van der Waals surface area contributed by atoms with Crippen LogP contribution in [-0.2, 0) is 21.4 Å². The molecule has 8 nitrogen and oxygen atoms in total. The van der Waals surface area contributed by atoms with Crippen LogP contribution < -0.4 is 0 Å². The first-order chi connectivity index (χ1) is 17.5. The molecule has 1 aromatic heterocycles. The van der Waals surface area contributed by atoms with Crippen molar-refractivity contribution in [3.05, 3.63) is 54.2 Å². The Morgan fingerprint density at radius 1 is 1.08 bits per heavy atom. The van der Waals surface area contributed by atoms with Gasteiger partial charge in [-0.05, 0) is 48.4 Å². The summed E-state index contributed by atoms with van der Waals surface area (Å²) in [5.41, 5.74) is 3.78. The van der Waals surface area contributed by atoms with Crippen molar-refractivity contribution < 1.29 is 14.3 Å². The van der Waals surface area contributed by atoms with Crippen LogP contribution in [-0.4, -0.2) is 75.6 Å². The molecular formula is C28H29N5O3. The van der Waals surface area contributed by atoms with Crippen molar-refractivity contribution >= 4 is 28.6 Å². The lowest BCUT2D eigenvalue weighted by Gasteiger charge is -2.29. The molecule has 4 heterocycles. The maximum atomic E-state index is 13.4. The molecule has 2 saturated heterocycles. The fraction of sp³-hybridized carbons (Fsp3) is 0.429. The molecule has 7 rings (SSSR count). The normalized spacial score (nSPS) is 23.0. The van der Waals surface area contributed by atoms with Gasteiger partial charge in [-0.3, -0.25) is 24.2 Å². The average molecular weight is 484 g/mol. The highest BCUT2D eigenvalue weighted by Crippen LogP contribution is 2.46. The zero-order chi connectivity index (χ0) is 24.4. The van der Waals surface area contributed by atoms with Gasteiger partial charge in [-0.15, -0.1) is 0 Å². The first kappa shape index (κ1) is 21.7. The van der Waals surface area contributed by atoms with E-state index in [1.807, 2.05) is 27.7 Å². The van der Waals surface area contributed by atoms with Crippen molar-refractivity contribution in [1.29, 1.82) is 0 Å². The van der Waals surface area contributed by atoms with Crippen LogP contribution in [0.4, 0.5) is 0 Å². The van der Waals surface area contributed by atoms with Gasteiger partial charge in [0, 0.05) is 37.6 Å². The number of hydrogen-bond donors (Lipinski definition) is 0. The number of rotatable bonds is 5. The number of carbonyl (C=O) groups is 2. The second-order valence-corrected chi connectivity index (χ2v) is 10.7. The predicted octanol–water partition coefficient (Wildman–Crippen LogP) is 2.86. The maximum Gasteiger partial charge on any atom is 0.256 e. The Hall–Kier alpha value is -3.52. The molecule has 1 spiro atoms. The molecule has 36 heavy (non-hydrogen) atoms. The fourth-order valence-electron chi connectivity index (χ4n) is 5.72. The van der Waals surface area contributed by atoms with Crippen molar-refractivity contribution in [2.24, 2.45) is 23.9 Å². The molecular weight excluding hydrogens is 454 g/mol. The van der Waals surface area contributed by atoms with Crippen LogP contribution in [0.15, 0.2) is 53.7 Å². The van der Waals surface area contributed by atoms with Crippen LogP contribution in [0.1, 0.15) is 24.8 Å². The van der Waals surface area contributed by atoms with E-state index in [4.69, 9.17) is 9.73 Å². The molecule has 1 saturated carbocycles. The van der Waals surface area contributed by atoms with Crippen LogP contribution >= 0.6 is 0 Å². The second kappa shape index (κ2) is 8.00. The van der Waals surface area contributed by atoms with Crippen LogP contribution in [0, 0.1) is 11.8 Å². The number of amidine groups is 1. The predicted molar refractivity (Wildman–Crippen MR) is 135 cm³/mol. The first-order valence-corrected chi connectivity index (χ1v) is 12.8. The number of likely N-dealkylation sites (tertiary alicyclic amines) is 1. The molecule has 8 heteroatoms. The number of nitrogens with zero attached hydrogens (tertiary/aromatic N) is 5. The van der Waals surface area contributed by atoms with Gasteiger partial charge < -0.3 is 9.64 Å². The molecule has 0 N–H and O–H groups in total. The number of ether oxygens (including phenoxy) is 1. The van der Waals surface area contributed by atoms with Gasteiger partial charge in [0.25, 0.3) is 5.91 Å². The highest BCUT2D eigenvalue weighted by molar-refractivity contribution is 6.16. The van der Waals surface area contributed by atoms with Crippen LogP contribution in [0.2, 0.25) is 0 Å². The third kappa shape index (κ3) is 3.46. The van der Waals surface area contributed by atoms with E-state index in [0.717, 1.165) is 59.2 Å². The lowest BCUT2D eigenvalue weighted by atomic mass is 10.0. The lowest BCUT2D eigenvalue weighted by Crippen LogP contribution is -2.44. The van der Waals surface area contributed by atoms with Crippen LogP contribution in [0.3, 0.4) is 0 Å². The topological polar surface area (TPSA) is 80.0 Å². The van der Waals surface area contributed by atoms with Crippen LogP contribution in [0.25, 0.3) is 22.0 Å². The summed E-state index contributed by atoms with van der Waals surface area (Å²) in [4.78, 5) is 34.8. The molecule has 1 atom stereocenters. The van der Waals surface area contributed by atoms with Crippen LogP contribution in [0.5, 0.6) is 0 Å². The number of carbonyl (C=O) groups excluding carboxylic acids is 2. The Bertz CT molecular complexity index is 1400. The summed E-state index contributed by atoms with van der Waals surface area (Å²) in [7, 11) is 1.95. The molecule has 184 valence electrons. The molecule has 0 radical (unpaired) electrons. The molecule has 4 aliphatic rings. The highest BCUT2D eigenvalue weighted by Gasteiger charge is 2.57. The fourth-order valence-corrected chi connectivity index (χ4v) is 5.72. The first-order valence-electron chi connectivity index (χ1n) is 12.8. The molecule has 3 aliphatic heterocycles. The molecule has 3 fully saturated rings. The van der Waals surface area contributed by atoms with Gasteiger partial charge >= 0.3 is 0 Å². The van der Waals surface area contributed by atoms with E-state index < -0.39 is 5.54 Å². The minimum Gasteiger partial charge on any atom is -0.380 e. The maximum absolute atomic E-state index is 13.4. The van der Waals surface area contributed by atoms with Gasteiger partial charge in [-0.1, -0.05) is 30.3 Å². The van der Waals surface area contributed by atoms with Gasteiger partial charge in [0.2, 0.25) is 5.91 Å². The second-order valence-electron chi connectivity index (χ2n) is 10.7. The van der Waals surface area contributed by atoms with Crippen molar-refractivity contribution in [3.63, 3.8) is 0 Å². The molecule has 3 aromatic rings. The summed E-state index contributed by atoms with van der Waals surface area (Å²) in [6, 6.07) is 14.7. The van der Waals surface area contributed by atoms with E-state index >= 15 is 0 Å². The van der Waals surface area contributed by atoms with Crippen molar-refractivity contribution in [2.75, 3.05) is 32.8 Å². The molecule has 2 aromatic carbocycles. The standard InChI is InChI=1S/C28H29N5O3/c1-31-24-7-6-21(12-22(24)13-29-31)19-2-4-20(5-3-19)25-30-28(9-10-28)27(35)33(25)15-18-8-11-32(14-18)26(34)23-16-36-17-23/h2-7,12-13,18,23H,8-11,14-17H2,1H3. The summed E-state index contributed by atoms with van der Waals surface area (Å²) in [5.74, 6) is 1.39. The van der Waals surface area contributed by atoms with Gasteiger partial charge in [0.05, 0.1) is 30.8 Å². The highest BCUT2D eigenvalue weighted by atomic mass is 16.5. The van der Waals surface area contributed by atoms with E-state index in [1.54, 1.807) is 0 Å². The number of fused-ring (bicyclic) bond motifs is 1. The molecule has 1 aliphatic carbocycles. The molecule has 0 bridgehead atoms. The Morgan fingerprint density at radius 3 is 2.56 bits per heavy atom. The minimum absolute atomic E-state index is 0.0152. The van der Waals surface area contributed by atoms with Crippen molar-refractivity contribution in [3.8, 4) is 11.1 Å². The summed E-state index contributed by atoms with van der Waals surface area (Å²) in [6.07, 6.45) is 4.45.